The number of hydrazone groups is 1. The van der Waals surface area contributed by atoms with Gasteiger partial charge in [-0.05, 0) is 42.0 Å². The van der Waals surface area contributed by atoms with Gasteiger partial charge in [0.15, 0.2) is 0 Å². The molecule has 7 heteroatoms. The van der Waals surface area contributed by atoms with Crippen molar-refractivity contribution in [3.8, 4) is 11.8 Å². The first kappa shape index (κ1) is 17.3. The van der Waals surface area contributed by atoms with E-state index in [0.717, 1.165) is 0 Å². The molecule has 0 aliphatic carbocycles. The first-order valence-corrected chi connectivity index (χ1v) is 7.90. The van der Waals surface area contributed by atoms with Crippen LogP contribution in [0.2, 0.25) is 0 Å². The number of rotatable bonds is 4. The van der Waals surface area contributed by atoms with Gasteiger partial charge in [-0.25, -0.2) is 14.2 Å². The maximum absolute atomic E-state index is 13.0. The molecule has 1 aliphatic heterocycles. The third-order valence-corrected chi connectivity index (χ3v) is 3.78. The van der Waals surface area contributed by atoms with Crippen LogP contribution in [-0.4, -0.2) is 22.6 Å². The van der Waals surface area contributed by atoms with Gasteiger partial charge in [-0.3, -0.25) is 4.79 Å². The van der Waals surface area contributed by atoms with Crippen molar-refractivity contribution in [3.05, 3.63) is 65.5 Å². The summed E-state index contributed by atoms with van der Waals surface area (Å²) in [5.41, 5.74) is 1.29. The van der Waals surface area contributed by atoms with Gasteiger partial charge in [0.1, 0.15) is 17.3 Å². The van der Waals surface area contributed by atoms with Crippen LogP contribution in [0.3, 0.4) is 0 Å². The lowest BCUT2D eigenvalue weighted by molar-refractivity contribution is -0.133. The van der Waals surface area contributed by atoms with E-state index in [9.17, 15) is 14.0 Å². The molecule has 2 aromatic rings. The summed E-state index contributed by atoms with van der Waals surface area (Å²) in [6.45, 7) is 0.146. The molecule has 0 N–H and O–H groups in total. The van der Waals surface area contributed by atoms with Gasteiger partial charge in [-0.15, -0.1) is 0 Å². The Morgan fingerprint density at radius 3 is 2.50 bits per heavy atom. The standard InChI is InChI=1S/C19H14FN3O3/c20-15-5-1-14(2-6-15)12-23-18(24)10-9-17(22-23)19(25)26-16-7-3-13(11-21)4-8-16/h1-8H,9-10,12H2. The largest absolute Gasteiger partial charge is 0.422 e. The molecule has 2 aromatic carbocycles. The van der Waals surface area contributed by atoms with E-state index in [1.54, 1.807) is 12.1 Å². The fourth-order valence-corrected chi connectivity index (χ4v) is 2.40. The monoisotopic (exact) mass is 351 g/mol. The summed E-state index contributed by atoms with van der Waals surface area (Å²) in [7, 11) is 0. The van der Waals surface area contributed by atoms with Gasteiger partial charge in [0.25, 0.3) is 0 Å². The first-order chi connectivity index (χ1) is 12.5. The zero-order valence-electron chi connectivity index (χ0n) is 13.7. The highest BCUT2D eigenvalue weighted by molar-refractivity contribution is 6.37. The van der Waals surface area contributed by atoms with Gasteiger partial charge >= 0.3 is 5.97 Å². The predicted molar refractivity (Wildman–Crippen MR) is 90.4 cm³/mol. The molecule has 0 atom stereocenters. The van der Waals surface area contributed by atoms with Crippen molar-refractivity contribution in [2.75, 3.05) is 0 Å². The van der Waals surface area contributed by atoms with E-state index >= 15 is 0 Å². The minimum Gasteiger partial charge on any atom is -0.422 e. The van der Waals surface area contributed by atoms with E-state index in [-0.39, 0.29) is 36.8 Å². The fourth-order valence-electron chi connectivity index (χ4n) is 2.40. The van der Waals surface area contributed by atoms with Crippen molar-refractivity contribution in [3.63, 3.8) is 0 Å². The number of benzene rings is 2. The number of nitriles is 1. The molecular weight excluding hydrogens is 337 g/mol. The highest BCUT2D eigenvalue weighted by atomic mass is 19.1. The van der Waals surface area contributed by atoms with Crippen molar-refractivity contribution >= 4 is 17.6 Å². The van der Waals surface area contributed by atoms with E-state index in [1.807, 2.05) is 6.07 Å². The number of carbonyl (C=O) groups is 2. The molecule has 0 spiro atoms. The number of ether oxygens (including phenoxy) is 1. The molecule has 6 nitrogen and oxygen atoms in total. The zero-order valence-corrected chi connectivity index (χ0v) is 13.7. The lowest BCUT2D eigenvalue weighted by atomic mass is 10.1. The molecule has 0 saturated heterocycles. The Hall–Kier alpha value is -3.53. The summed E-state index contributed by atoms with van der Waals surface area (Å²) in [4.78, 5) is 24.3. The highest BCUT2D eigenvalue weighted by Crippen LogP contribution is 2.17. The average molecular weight is 351 g/mol. The molecule has 0 aromatic heterocycles. The van der Waals surface area contributed by atoms with Gasteiger partial charge in [0, 0.05) is 12.8 Å². The van der Waals surface area contributed by atoms with Gasteiger partial charge < -0.3 is 4.74 Å². The summed E-state index contributed by atoms with van der Waals surface area (Å²) in [5, 5.41) is 14.0. The highest BCUT2D eigenvalue weighted by Gasteiger charge is 2.25. The van der Waals surface area contributed by atoms with Crippen LogP contribution in [0.25, 0.3) is 0 Å². The van der Waals surface area contributed by atoms with Crippen LogP contribution >= 0.6 is 0 Å². The van der Waals surface area contributed by atoms with E-state index in [1.165, 1.54) is 41.4 Å². The third-order valence-electron chi connectivity index (χ3n) is 3.78. The molecule has 0 radical (unpaired) electrons. The van der Waals surface area contributed by atoms with E-state index < -0.39 is 5.97 Å². The van der Waals surface area contributed by atoms with Crippen molar-refractivity contribution in [1.82, 2.24) is 5.01 Å². The average Bonchev–Trinajstić information content (AvgIpc) is 2.66. The minimum absolute atomic E-state index is 0.135. The molecule has 3 rings (SSSR count). The van der Waals surface area contributed by atoms with Crippen LogP contribution in [0.5, 0.6) is 5.75 Å². The maximum atomic E-state index is 13.0. The summed E-state index contributed by atoms with van der Waals surface area (Å²) >= 11 is 0. The van der Waals surface area contributed by atoms with E-state index in [4.69, 9.17) is 10.00 Å². The summed E-state index contributed by atoms with van der Waals surface area (Å²) in [6, 6.07) is 13.8. The molecule has 1 heterocycles. The van der Waals surface area contributed by atoms with Crippen LogP contribution in [0, 0.1) is 17.1 Å². The Balaban J connectivity index is 1.71. The lowest BCUT2D eigenvalue weighted by Gasteiger charge is -2.22. The maximum Gasteiger partial charge on any atom is 0.359 e. The van der Waals surface area contributed by atoms with Gasteiger partial charge in [-0.2, -0.15) is 10.4 Å². The first-order valence-electron chi connectivity index (χ1n) is 7.90. The lowest BCUT2D eigenvalue weighted by Crippen LogP contribution is -2.35. The quantitative estimate of drug-likeness (QED) is 0.626. The topological polar surface area (TPSA) is 82.8 Å². The Labute approximate surface area is 149 Å². The van der Waals surface area contributed by atoms with Crippen LogP contribution in [0.1, 0.15) is 24.0 Å². The van der Waals surface area contributed by atoms with Gasteiger partial charge in [0.2, 0.25) is 5.91 Å². The van der Waals surface area contributed by atoms with E-state index in [0.29, 0.717) is 16.9 Å². The Bertz CT molecular complexity index is 899. The number of hydrogen-bond donors (Lipinski definition) is 0. The number of hydrogen-bond acceptors (Lipinski definition) is 5. The summed E-state index contributed by atoms with van der Waals surface area (Å²) < 4.78 is 18.2. The number of nitrogens with zero attached hydrogens (tertiary/aromatic N) is 3. The molecule has 0 fully saturated rings. The van der Waals surface area contributed by atoms with Crippen molar-refractivity contribution in [2.45, 2.75) is 19.4 Å². The van der Waals surface area contributed by atoms with Crippen LogP contribution in [0.15, 0.2) is 53.6 Å². The summed E-state index contributed by atoms with van der Waals surface area (Å²) in [5.74, 6) is -0.942. The summed E-state index contributed by atoms with van der Waals surface area (Å²) in [6.07, 6.45) is 0.330. The van der Waals surface area contributed by atoms with Gasteiger partial charge in [-0.1, -0.05) is 12.1 Å². The molecule has 26 heavy (non-hydrogen) atoms. The number of esters is 1. The third kappa shape index (κ3) is 4.11. The van der Waals surface area contributed by atoms with Crippen LogP contribution in [0.4, 0.5) is 4.39 Å². The number of amides is 1. The molecule has 0 unspecified atom stereocenters. The smallest absolute Gasteiger partial charge is 0.359 e. The Morgan fingerprint density at radius 1 is 1.15 bits per heavy atom. The predicted octanol–water partition coefficient (Wildman–Crippen LogP) is 2.78. The second-order valence-corrected chi connectivity index (χ2v) is 5.65. The molecule has 0 bridgehead atoms. The zero-order chi connectivity index (χ0) is 18.5. The molecule has 1 amide bonds. The Morgan fingerprint density at radius 2 is 1.85 bits per heavy atom. The van der Waals surface area contributed by atoms with Gasteiger partial charge in [0.05, 0.1) is 18.2 Å². The second-order valence-electron chi connectivity index (χ2n) is 5.65. The minimum atomic E-state index is -0.647. The molecule has 1 aliphatic rings. The Kier molecular flexibility index (Phi) is 5.04. The van der Waals surface area contributed by atoms with E-state index in [2.05, 4.69) is 5.10 Å². The van der Waals surface area contributed by atoms with Crippen molar-refractivity contribution < 1.29 is 18.7 Å². The number of carbonyl (C=O) groups excluding carboxylic acids is 2. The second kappa shape index (κ2) is 7.57. The fraction of sp³-hybridized carbons (Fsp3) is 0.158. The number of halogens is 1. The molecular formula is C19H14FN3O3. The molecule has 130 valence electrons. The van der Waals surface area contributed by atoms with Crippen molar-refractivity contribution in [1.29, 1.82) is 5.26 Å². The van der Waals surface area contributed by atoms with Crippen molar-refractivity contribution in [2.24, 2.45) is 5.10 Å². The normalized spacial score (nSPS) is 13.8. The van der Waals surface area contributed by atoms with Crippen LogP contribution < -0.4 is 4.74 Å². The van der Waals surface area contributed by atoms with Crippen LogP contribution in [-0.2, 0) is 16.1 Å². The SMILES string of the molecule is N#Cc1ccc(OC(=O)C2=NN(Cc3ccc(F)cc3)C(=O)CC2)cc1. The molecule has 0 saturated carbocycles.